The Hall–Kier alpha value is -1.93. The van der Waals surface area contributed by atoms with Crippen molar-refractivity contribution in [2.75, 3.05) is 18.8 Å². The van der Waals surface area contributed by atoms with Crippen LogP contribution in [0, 0.1) is 18.8 Å². The number of allylic oxidation sites excluding steroid dienone is 1. The van der Waals surface area contributed by atoms with Crippen LogP contribution in [-0.4, -0.2) is 22.4 Å². The van der Waals surface area contributed by atoms with Crippen LogP contribution in [0.1, 0.15) is 24.2 Å². The molecular weight excluding hydrogens is 350 g/mol. The molecule has 2 N–H and O–H groups in total. The number of halogens is 1. The van der Waals surface area contributed by atoms with Gasteiger partial charge in [-0.3, -0.25) is 0 Å². The third-order valence-corrected chi connectivity index (χ3v) is 5.51. The summed E-state index contributed by atoms with van der Waals surface area (Å²) < 4.78 is 2.34. The molecule has 5 heteroatoms. The number of rotatable bonds is 2. The molecule has 1 saturated heterocycles. The Labute approximate surface area is 158 Å². The molecule has 0 amide bonds. The van der Waals surface area contributed by atoms with Crippen molar-refractivity contribution in [1.82, 2.24) is 9.29 Å². The van der Waals surface area contributed by atoms with Crippen molar-refractivity contribution in [3.8, 4) is 11.8 Å². The van der Waals surface area contributed by atoms with Gasteiger partial charge in [0.1, 0.15) is 5.69 Å². The summed E-state index contributed by atoms with van der Waals surface area (Å²) >= 11 is 7.95. The summed E-state index contributed by atoms with van der Waals surface area (Å²) in [6.45, 7) is 3.95. The van der Waals surface area contributed by atoms with Gasteiger partial charge in [-0.2, -0.15) is 0 Å². The first kappa shape index (κ1) is 17.9. The third kappa shape index (κ3) is 5.27. The van der Waals surface area contributed by atoms with E-state index in [4.69, 9.17) is 17.3 Å². The van der Waals surface area contributed by atoms with E-state index < -0.39 is 0 Å². The van der Waals surface area contributed by atoms with Gasteiger partial charge in [0, 0.05) is 29.4 Å². The van der Waals surface area contributed by atoms with E-state index in [9.17, 15) is 0 Å². The highest BCUT2D eigenvalue weighted by molar-refractivity contribution is 7.97. The monoisotopic (exact) mass is 369 g/mol. The maximum atomic E-state index is 6.25. The van der Waals surface area contributed by atoms with Crippen molar-refractivity contribution in [1.29, 1.82) is 0 Å². The van der Waals surface area contributed by atoms with Crippen LogP contribution in [0.5, 0.6) is 0 Å². The fourth-order valence-electron chi connectivity index (χ4n) is 2.56. The molecule has 0 atom stereocenters. The standard InChI is InChI=1S/C20H20ClN3S/c1-15-4-2-6-18(23-15)7-3-5-16-10-12-24(13-11-16)25-20-9-8-17(22)14-19(20)21/h2,4-6,8-9,14H,10-13,22H2,1H3. The van der Waals surface area contributed by atoms with Crippen molar-refractivity contribution in [2.24, 2.45) is 0 Å². The number of piperidine rings is 1. The Morgan fingerprint density at radius 1 is 1.24 bits per heavy atom. The molecular formula is C20H20ClN3S. The largest absolute Gasteiger partial charge is 0.399 e. The van der Waals surface area contributed by atoms with Crippen LogP contribution in [-0.2, 0) is 0 Å². The number of anilines is 1. The van der Waals surface area contributed by atoms with E-state index in [1.165, 1.54) is 5.57 Å². The molecule has 25 heavy (non-hydrogen) atoms. The van der Waals surface area contributed by atoms with E-state index in [0.29, 0.717) is 10.7 Å². The van der Waals surface area contributed by atoms with Crippen LogP contribution < -0.4 is 5.73 Å². The zero-order chi connectivity index (χ0) is 17.6. The zero-order valence-electron chi connectivity index (χ0n) is 14.1. The lowest BCUT2D eigenvalue weighted by molar-refractivity contribution is 0.434. The molecule has 1 fully saturated rings. The second-order valence-electron chi connectivity index (χ2n) is 5.95. The highest BCUT2D eigenvalue weighted by atomic mass is 35.5. The second-order valence-corrected chi connectivity index (χ2v) is 7.49. The fourth-order valence-corrected chi connectivity index (χ4v) is 3.77. The fraction of sp³-hybridized carbons (Fsp3) is 0.250. The maximum absolute atomic E-state index is 6.25. The first-order valence-corrected chi connectivity index (χ1v) is 9.36. The van der Waals surface area contributed by atoms with Crippen LogP contribution in [0.4, 0.5) is 5.69 Å². The molecule has 0 saturated carbocycles. The van der Waals surface area contributed by atoms with E-state index in [0.717, 1.165) is 42.2 Å². The van der Waals surface area contributed by atoms with Crippen molar-refractivity contribution in [3.63, 3.8) is 0 Å². The molecule has 128 valence electrons. The second kappa shape index (κ2) is 8.44. The topological polar surface area (TPSA) is 42.1 Å². The maximum Gasteiger partial charge on any atom is 0.113 e. The van der Waals surface area contributed by atoms with E-state index in [2.05, 4.69) is 21.1 Å². The Kier molecular flexibility index (Phi) is 6.04. The molecule has 0 radical (unpaired) electrons. The Bertz CT molecular complexity index is 842. The van der Waals surface area contributed by atoms with Gasteiger partial charge >= 0.3 is 0 Å². The molecule has 0 spiro atoms. The number of nitrogen functional groups attached to an aromatic ring is 1. The molecule has 3 nitrogen and oxygen atoms in total. The lowest BCUT2D eigenvalue weighted by atomic mass is 10.1. The number of nitrogens with two attached hydrogens (primary N) is 1. The van der Waals surface area contributed by atoms with Crippen molar-refractivity contribution in [3.05, 3.63) is 64.5 Å². The average Bonchev–Trinajstić information content (AvgIpc) is 2.59. The van der Waals surface area contributed by atoms with E-state index in [-0.39, 0.29) is 0 Å². The third-order valence-electron chi connectivity index (χ3n) is 3.91. The number of hydrogen-bond donors (Lipinski definition) is 1. The summed E-state index contributed by atoms with van der Waals surface area (Å²) in [5.74, 6) is 6.25. The van der Waals surface area contributed by atoms with E-state index in [1.807, 2.05) is 43.3 Å². The molecule has 0 bridgehead atoms. The van der Waals surface area contributed by atoms with Crippen molar-refractivity contribution >= 4 is 29.2 Å². The lowest BCUT2D eigenvalue weighted by Gasteiger charge is -2.27. The number of benzene rings is 1. The van der Waals surface area contributed by atoms with E-state index in [1.54, 1.807) is 18.0 Å². The first-order valence-electron chi connectivity index (χ1n) is 8.21. The van der Waals surface area contributed by atoms with Gasteiger partial charge < -0.3 is 5.73 Å². The number of nitrogens with zero attached hydrogens (tertiary/aromatic N) is 2. The van der Waals surface area contributed by atoms with Crippen molar-refractivity contribution < 1.29 is 0 Å². The molecule has 0 aliphatic carbocycles. The molecule has 2 aromatic rings. The van der Waals surface area contributed by atoms with Gasteiger partial charge in [0.2, 0.25) is 0 Å². The molecule has 1 aliphatic heterocycles. The van der Waals surface area contributed by atoms with Gasteiger partial charge in [0.05, 0.1) is 5.02 Å². The molecule has 3 rings (SSSR count). The number of pyridine rings is 1. The Balaban J connectivity index is 1.55. The number of hydrogen-bond acceptors (Lipinski definition) is 4. The minimum Gasteiger partial charge on any atom is -0.399 e. The summed E-state index contributed by atoms with van der Waals surface area (Å²) in [4.78, 5) is 5.44. The van der Waals surface area contributed by atoms with Gasteiger partial charge in [0.25, 0.3) is 0 Å². The van der Waals surface area contributed by atoms with Gasteiger partial charge in [-0.15, -0.1) is 0 Å². The minimum atomic E-state index is 0.694. The SMILES string of the molecule is Cc1cccc(C#CC=C2CCN(Sc3ccc(N)cc3Cl)CC2)n1. The van der Waals surface area contributed by atoms with Gasteiger partial charge in [-0.25, -0.2) is 9.29 Å². The van der Waals surface area contributed by atoms with Gasteiger partial charge in [0.15, 0.2) is 0 Å². The number of aromatic nitrogens is 1. The normalized spacial score (nSPS) is 14.7. The van der Waals surface area contributed by atoms with Gasteiger partial charge in [-0.1, -0.05) is 29.2 Å². The predicted octanol–water partition coefficient (Wildman–Crippen LogP) is 4.71. The molecule has 1 aromatic heterocycles. The molecule has 1 aliphatic rings. The minimum absolute atomic E-state index is 0.694. The highest BCUT2D eigenvalue weighted by Gasteiger charge is 2.16. The first-order chi connectivity index (χ1) is 12.1. The Morgan fingerprint density at radius 2 is 2.04 bits per heavy atom. The highest BCUT2D eigenvalue weighted by Crippen LogP contribution is 2.33. The summed E-state index contributed by atoms with van der Waals surface area (Å²) in [5, 5.41) is 0.711. The van der Waals surface area contributed by atoms with Crippen LogP contribution in [0.2, 0.25) is 5.02 Å². The quantitative estimate of drug-likeness (QED) is 0.473. The van der Waals surface area contributed by atoms with Crippen LogP contribution in [0.3, 0.4) is 0 Å². The Morgan fingerprint density at radius 3 is 2.76 bits per heavy atom. The van der Waals surface area contributed by atoms with Crippen LogP contribution in [0.25, 0.3) is 0 Å². The summed E-state index contributed by atoms with van der Waals surface area (Å²) in [5.41, 5.74) is 9.64. The lowest BCUT2D eigenvalue weighted by Crippen LogP contribution is -2.24. The molecule has 2 heterocycles. The van der Waals surface area contributed by atoms with Crippen LogP contribution >= 0.6 is 23.5 Å². The summed E-state index contributed by atoms with van der Waals surface area (Å²) in [6.07, 6.45) is 4.09. The van der Waals surface area contributed by atoms with Crippen LogP contribution in [0.15, 0.2) is 52.9 Å². The van der Waals surface area contributed by atoms with Gasteiger partial charge in [-0.05, 0) is 74.0 Å². The summed E-state index contributed by atoms with van der Waals surface area (Å²) in [6, 6.07) is 11.6. The number of aryl methyl sites for hydroxylation is 1. The molecule has 0 unspecified atom stereocenters. The average molecular weight is 370 g/mol. The van der Waals surface area contributed by atoms with Crippen molar-refractivity contribution in [2.45, 2.75) is 24.7 Å². The molecule has 1 aromatic carbocycles. The summed E-state index contributed by atoms with van der Waals surface area (Å²) in [7, 11) is 0. The smallest absolute Gasteiger partial charge is 0.113 e. The zero-order valence-corrected chi connectivity index (χ0v) is 15.7. The predicted molar refractivity (Wildman–Crippen MR) is 106 cm³/mol. The van der Waals surface area contributed by atoms with E-state index >= 15 is 0 Å².